The van der Waals surface area contributed by atoms with Gasteiger partial charge in [0.1, 0.15) is 11.8 Å². The molecule has 0 fully saturated rings. The van der Waals surface area contributed by atoms with Crippen LogP contribution in [0.15, 0.2) is 65.1 Å². The number of ether oxygens (including phenoxy) is 1. The quantitative estimate of drug-likeness (QED) is 0.312. The zero-order valence-electron chi connectivity index (χ0n) is 20.1. The average molecular weight is 525 g/mol. The normalized spacial score (nSPS) is 11.8. The molecule has 5 nitrogen and oxygen atoms in total. The molecule has 1 unspecified atom stereocenters. The number of carbonyl (C=O) groups is 2. The van der Waals surface area contributed by atoms with Crippen molar-refractivity contribution in [2.75, 3.05) is 13.2 Å². The van der Waals surface area contributed by atoms with Gasteiger partial charge in [0, 0.05) is 13.1 Å². The van der Waals surface area contributed by atoms with Crippen molar-refractivity contribution >= 4 is 38.5 Å². The number of benzene rings is 3. The Morgan fingerprint density at radius 3 is 2.59 bits per heavy atom. The molecule has 0 aliphatic heterocycles. The van der Waals surface area contributed by atoms with Gasteiger partial charge in [-0.2, -0.15) is 0 Å². The van der Waals surface area contributed by atoms with E-state index in [0.717, 1.165) is 39.2 Å². The lowest BCUT2D eigenvalue weighted by Crippen LogP contribution is -2.50. The smallest absolute Gasteiger partial charge is 0.261 e. The van der Waals surface area contributed by atoms with Crippen LogP contribution in [0, 0.1) is 6.92 Å². The van der Waals surface area contributed by atoms with Gasteiger partial charge in [0.05, 0.1) is 4.47 Å². The molecule has 0 radical (unpaired) electrons. The Labute approximate surface area is 210 Å². The second-order valence-electron chi connectivity index (χ2n) is 8.47. The largest absolute Gasteiger partial charge is 0.483 e. The van der Waals surface area contributed by atoms with Crippen LogP contribution < -0.4 is 10.1 Å². The highest BCUT2D eigenvalue weighted by Crippen LogP contribution is 2.33. The van der Waals surface area contributed by atoms with E-state index >= 15 is 0 Å². The molecular weight excluding hydrogens is 492 g/mol. The topological polar surface area (TPSA) is 58.6 Å². The second-order valence-corrected chi connectivity index (χ2v) is 9.26. The summed E-state index contributed by atoms with van der Waals surface area (Å²) >= 11 is 3.62. The molecular formula is C28H33BrN2O3. The Kier molecular flexibility index (Phi) is 9.52. The minimum Gasteiger partial charge on any atom is -0.483 e. The number of nitrogens with zero attached hydrogens (tertiary/aromatic N) is 1. The highest BCUT2D eigenvalue weighted by atomic mass is 79.9. The van der Waals surface area contributed by atoms with Gasteiger partial charge in [-0.15, -0.1) is 0 Å². The highest BCUT2D eigenvalue weighted by molar-refractivity contribution is 9.10. The number of carbonyl (C=O) groups excluding carboxylic acids is 2. The van der Waals surface area contributed by atoms with Crippen LogP contribution in [0.3, 0.4) is 0 Å². The summed E-state index contributed by atoms with van der Waals surface area (Å²) in [5.41, 5.74) is 2.10. The molecule has 0 aromatic heterocycles. The van der Waals surface area contributed by atoms with Crippen LogP contribution in [0.2, 0.25) is 0 Å². The first-order valence-electron chi connectivity index (χ1n) is 11.9. The Balaban J connectivity index is 1.80. The molecule has 1 N–H and O–H groups in total. The number of nitrogens with one attached hydrogen (secondary N) is 1. The first-order chi connectivity index (χ1) is 16.4. The van der Waals surface area contributed by atoms with Gasteiger partial charge in [-0.3, -0.25) is 9.59 Å². The van der Waals surface area contributed by atoms with Gasteiger partial charge in [-0.25, -0.2) is 0 Å². The molecule has 180 valence electrons. The molecule has 0 saturated carbocycles. The van der Waals surface area contributed by atoms with Gasteiger partial charge in [-0.1, -0.05) is 80.4 Å². The van der Waals surface area contributed by atoms with Crippen LogP contribution in [0.5, 0.6) is 5.75 Å². The molecule has 34 heavy (non-hydrogen) atoms. The van der Waals surface area contributed by atoms with E-state index in [4.69, 9.17) is 4.74 Å². The lowest BCUT2D eigenvalue weighted by Gasteiger charge is -2.30. The van der Waals surface area contributed by atoms with Crippen LogP contribution in [0.25, 0.3) is 10.8 Å². The van der Waals surface area contributed by atoms with E-state index in [9.17, 15) is 9.59 Å². The van der Waals surface area contributed by atoms with Crippen LogP contribution in [-0.2, 0) is 16.1 Å². The van der Waals surface area contributed by atoms with E-state index in [0.29, 0.717) is 25.3 Å². The fraction of sp³-hybridized carbons (Fsp3) is 0.357. The van der Waals surface area contributed by atoms with Gasteiger partial charge >= 0.3 is 0 Å². The predicted molar refractivity (Wildman–Crippen MR) is 141 cm³/mol. The monoisotopic (exact) mass is 524 g/mol. The van der Waals surface area contributed by atoms with Gasteiger partial charge in [0.15, 0.2) is 6.61 Å². The molecule has 3 rings (SSSR count). The van der Waals surface area contributed by atoms with Crippen LogP contribution in [-0.4, -0.2) is 35.9 Å². The van der Waals surface area contributed by atoms with Gasteiger partial charge in [-0.05, 0) is 58.1 Å². The van der Waals surface area contributed by atoms with E-state index in [1.54, 1.807) is 4.90 Å². The predicted octanol–water partition coefficient (Wildman–Crippen LogP) is 6.01. The van der Waals surface area contributed by atoms with Crippen molar-refractivity contribution < 1.29 is 14.3 Å². The highest BCUT2D eigenvalue weighted by Gasteiger charge is 2.29. The molecule has 0 heterocycles. The molecule has 0 aliphatic rings. The number of fused-ring (bicyclic) bond motifs is 1. The Morgan fingerprint density at radius 1 is 1.06 bits per heavy atom. The zero-order valence-corrected chi connectivity index (χ0v) is 21.7. The number of halogens is 1. The van der Waals surface area contributed by atoms with E-state index in [-0.39, 0.29) is 18.4 Å². The number of hydrogen-bond donors (Lipinski definition) is 1. The van der Waals surface area contributed by atoms with Crippen molar-refractivity contribution in [1.82, 2.24) is 10.2 Å². The number of amides is 2. The maximum Gasteiger partial charge on any atom is 0.261 e. The summed E-state index contributed by atoms with van der Waals surface area (Å²) in [5.74, 6) is 0.255. The average Bonchev–Trinajstić information content (AvgIpc) is 2.83. The number of unbranched alkanes of at least 4 members (excludes halogenated alkanes) is 1. The lowest BCUT2D eigenvalue weighted by atomic mass is 10.1. The molecule has 0 bridgehead atoms. The SMILES string of the molecule is CCCCNC(=O)C(CC)N(Cc1cccc(C)c1)C(=O)COc1ccc2ccccc2c1Br. The third-order valence-corrected chi connectivity index (χ3v) is 6.65. The second kappa shape index (κ2) is 12.6. The van der Waals surface area contributed by atoms with Gasteiger partial charge in [0.25, 0.3) is 5.91 Å². The molecule has 0 spiro atoms. The fourth-order valence-electron chi connectivity index (χ4n) is 3.98. The van der Waals surface area contributed by atoms with Crippen LogP contribution in [0.4, 0.5) is 0 Å². The van der Waals surface area contributed by atoms with Crippen molar-refractivity contribution in [3.63, 3.8) is 0 Å². The summed E-state index contributed by atoms with van der Waals surface area (Å²) in [6.07, 6.45) is 2.43. The van der Waals surface area contributed by atoms with Gasteiger partial charge < -0.3 is 15.0 Å². The van der Waals surface area contributed by atoms with Gasteiger partial charge in [0.2, 0.25) is 5.91 Å². The Hall–Kier alpha value is -2.86. The van der Waals surface area contributed by atoms with Crippen molar-refractivity contribution in [3.05, 3.63) is 76.3 Å². The molecule has 0 saturated heterocycles. The third-order valence-electron chi connectivity index (χ3n) is 5.83. The maximum atomic E-state index is 13.4. The van der Waals surface area contributed by atoms with E-state index < -0.39 is 6.04 Å². The van der Waals surface area contributed by atoms with Crippen LogP contribution in [0.1, 0.15) is 44.2 Å². The summed E-state index contributed by atoms with van der Waals surface area (Å²) < 4.78 is 6.77. The van der Waals surface area contributed by atoms with E-state index in [2.05, 4.69) is 28.2 Å². The molecule has 1 atom stereocenters. The Bertz CT molecular complexity index is 1130. The first kappa shape index (κ1) is 25.8. The van der Waals surface area contributed by atoms with Crippen molar-refractivity contribution in [2.24, 2.45) is 0 Å². The van der Waals surface area contributed by atoms with E-state index in [1.807, 2.05) is 74.5 Å². The first-order valence-corrected chi connectivity index (χ1v) is 12.7. The summed E-state index contributed by atoms with van der Waals surface area (Å²) in [7, 11) is 0. The lowest BCUT2D eigenvalue weighted by molar-refractivity contribution is -0.143. The summed E-state index contributed by atoms with van der Waals surface area (Å²) in [6, 6.07) is 19.3. The summed E-state index contributed by atoms with van der Waals surface area (Å²) in [5, 5.41) is 5.10. The number of aryl methyl sites for hydroxylation is 1. The third kappa shape index (κ3) is 6.60. The van der Waals surface area contributed by atoms with Crippen molar-refractivity contribution in [1.29, 1.82) is 0 Å². The summed E-state index contributed by atoms with van der Waals surface area (Å²) in [6.45, 7) is 6.84. The molecule has 6 heteroatoms. The number of rotatable bonds is 11. The minimum atomic E-state index is -0.562. The summed E-state index contributed by atoms with van der Waals surface area (Å²) in [4.78, 5) is 28.0. The van der Waals surface area contributed by atoms with E-state index in [1.165, 1.54) is 0 Å². The number of hydrogen-bond acceptors (Lipinski definition) is 3. The molecule has 3 aromatic carbocycles. The minimum absolute atomic E-state index is 0.121. The molecule has 3 aromatic rings. The zero-order chi connectivity index (χ0) is 24.5. The molecule has 2 amide bonds. The Morgan fingerprint density at radius 2 is 1.85 bits per heavy atom. The standard InChI is InChI=1S/C28H33BrN2O3/c1-4-6-16-30-28(33)24(5-2)31(18-21-11-9-10-20(3)17-21)26(32)19-34-25-15-14-22-12-7-8-13-23(22)27(25)29/h7-15,17,24H,4-6,16,18-19H2,1-3H3,(H,30,33). The maximum absolute atomic E-state index is 13.4. The van der Waals surface area contributed by atoms with Crippen LogP contribution >= 0.6 is 15.9 Å². The van der Waals surface area contributed by atoms with Crippen molar-refractivity contribution in [2.45, 2.75) is 52.6 Å². The molecule has 0 aliphatic carbocycles. The van der Waals surface area contributed by atoms with Crippen molar-refractivity contribution in [3.8, 4) is 5.75 Å². The fourth-order valence-corrected chi connectivity index (χ4v) is 4.59.